The number of carbonyl (C=O) groups excluding carboxylic acids is 1. The third-order valence-corrected chi connectivity index (χ3v) is 6.72. The molecule has 3 aromatic carbocycles. The first kappa shape index (κ1) is 19.9. The van der Waals surface area contributed by atoms with Crippen molar-refractivity contribution in [2.75, 3.05) is 0 Å². The van der Waals surface area contributed by atoms with E-state index in [0.29, 0.717) is 0 Å². The zero-order valence-electron chi connectivity index (χ0n) is 17.5. The van der Waals surface area contributed by atoms with Gasteiger partial charge in [0.2, 0.25) is 0 Å². The lowest BCUT2D eigenvalue weighted by Crippen LogP contribution is -2.45. The van der Waals surface area contributed by atoms with E-state index >= 15 is 0 Å². The Morgan fingerprint density at radius 3 is 2.35 bits per heavy atom. The van der Waals surface area contributed by atoms with Crippen LogP contribution in [0.25, 0.3) is 11.1 Å². The number of hydrogen-bond donors (Lipinski definition) is 0. The van der Waals surface area contributed by atoms with Gasteiger partial charge in [0.05, 0.1) is 5.56 Å². The number of aryl methyl sites for hydroxylation is 2. The summed E-state index contributed by atoms with van der Waals surface area (Å²) < 4.78 is 34.1. The molecule has 1 aliphatic carbocycles. The number of rotatable bonds is 4. The van der Waals surface area contributed by atoms with Crippen molar-refractivity contribution in [3.8, 4) is 16.9 Å². The van der Waals surface area contributed by atoms with Gasteiger partial charge < -0.3 is 4.74 Å². The Bertz CT molecular complexity index is 1140. The van der Waals surface area contributed by atoms with Crippen LogP contribution in [0.4, 0.5) is 8.78 Å². The molecule has 2 nitrogen and oxygen atoms in total. The summed E-state index contributed by atoms with van der Waals surface area (Å²) in [7, 11) is 0. The normalized spacial score (nSPS) is 16.4. The van der Waals surface area contributed by atoms with Crippen molar-refractivity contribution in [3.05, 3.63) is 88.5 Å². The summed E-state index contributed by atoms with van der Waals surface area (Å²) in [5.74, 6) is -1.19. The van der Waals surface area contributed by atoms with Gasteiger partial charge in [-0.1, -0.05) is 30.3 Å². The molecule has 0 atom stereocenters. The minimum Gasteiger partial charge on any atom is -0.487 e. The number of fused-ring (bicyclic) bond motifs is 1. The molecular weight excluding hydrogens is 394 g/mol. The zero-order chi connectivity index (χ0) is 21.6. The Balaban J connectivity index is 1.36. The van der Waals surface area contributed by atoms with Gasteiger partial charge in [-0.2, -0.15) is 0 Å². The fourth-order valence-electron chi connectivity index (χ4n) is 4.74. The van der Waals surface area contributed by atoms with E-state index in [1.165, 1.54) is 18.1 Å². The average molecular weight is 418 g/mol. The quantitative estimate of drug-likeness (QED) is 0.446. The molecule has 5 rings (SSSR count). The Kier molecular flexibility index (Phi) is 4.88. The van der Waals surface area contributed by atoms with Gasteiger partial charge >= 0.3 is 0 Å². The number of ether oxygens (including phenoxy) is 1. The SMILES string of the molecule is Cc1cc2c(cc1-c1ccc(CC(=O)c3c(F)cccc3F)cc1)CCC1(CCC1)O2. The van der Waals surface area contributed by atoms with E-state index in [9.17, 15) is 13.6 Å². The second kappa shape index (κ2) is 7.60. The third kappa shape index (κ3) is 3.65. The molecule has 0 bridgehead atoms. The molecule has 1 saturated carbocycles. The van der Waals surface area contributed by atoms with E-state index in [1.807, 2.05) is 24.3 Å². The van der Waals surface area contributed by atoms with Crippen LogP contribution in [0.15, 0.2) is 54.6 Å². The van der Waals surface area contributed by atoms with Gasteiger partial charge in [0, 0.05) is 6.42 Å². The summed E-state index contributed by atoms with van der Waals surface area (Å²) in [6.45, 7) is 2.08. The minimum atomic E-state index is -0.822. The highest BCUT2D eigenvalue weighted by Crippen LogP contribution is 2.46. The molecule has 0 amide bonds. The highest BCUT2D eigenvalue weighted by molar-refractivity contribution is 5.98. The summed E-state index contributed by atoms with van der Waals surface area (Å²) in [5.41, 5.74) is 4.91. The molecular formula is C27H24F2O2. The van der Waals surface area contributed by atoms with Crippen LogP contribution in [-0.4, -0.2) is 11.4 Å². The summed E-state index contributed by atoms with van der Waals surface area (Å²) in [4.78, 5) is 12.4. The molecule has 3 aromatic rings. The lowest BCUT2D eigenvalue weighted by Gasteiger charge is -2.45. The molecule has 1 heterocycles. The maximum absolute atomic E-state index is 13.9. The Morgan fingerprint density at radius 1 is 1.00 bits per heavy atom. The molecule has 4 heteroatoms. The van der Waals surface area contributed by atoms with E-state index < -0.39 is 23.0 Å². The number of halogens is 2. The molecule has 1 spiro atoms. The van der Waals surface area contributed by atoms with E-state index in [1.54, 1.807) is 0 Å². The first-order chi connectivity index (χ1) is 14.9. The van der Waals surface area contributed by atoms with Crippen molar-refractivity contribution >= 4 is 5.78 Å². The van der Waals surface area contributed by atoms with Crippen molar-refractivity contribution in [2.45, 2.75) is 51.0 Å². The molecule has 0 aromatic heterocycles. The molecule has 0 unspecified atom stereocenters. The first-order valence-electron chi connectivity index (χ1n) is 10.8. The smallest absolute Gasteiger partial charge is 0.173 e. The second-order valence-corrected chi connectivity index (χ2v) is 8.81. The van der Waals surface area contributed by atoms with Crippen LogP contribution in [0.5, 0.6) is 5.75 Å². The van der Waals surface area contributed by atoms with Crippen LogP contribution >= 0.6 is 0 Å². The molecule has 1 aliphatic heterocycles. The van der Waals surface area contributed by atoms with E-state index in [-0.39, 0.29) is 12.0 Å². The highest BCUT2D eigenvalue weighted by atomic mass is 19.1. The number of benzene rings is 3. The van der Waals surface area contributed by atoms with Gasteiger partial charge in [-0.25, -0.2) is 8.78 Å². The monoisotopic (exact) mass is 418 g/mol. The molecule has 31 heavy (non-hydrogen) atoms. The predicted molar refractivity (Wildman–Crippen MR) is 117 cm³/mol. The van der Waals surface area contributed by atoms with Gasteiger partial charge in [-0.15, -0.1) is 0 Å². The minimum absolute atomic E-state index is 0.0444. The Hall–Kier alpha value is -3.01. The maximum Gasteiger partial charge on any atom is 0.173 e. The van der Waals surface area contributed by atoms with Crippen molar-refractivity contribution < 1.29 is 18.3 Å². The lowest BCUT2D eigenvalue weighted by atomic mass is 9.74. The van der Waals surface area contributed by atoms with Gasteiger partial charge in [-0.05, 0) is 91.1 Å². The first-order valence-corrected chi connectivity index (χ1v) is 10.8. The van der Waals surface area contributed by atoms with Crippen molar-refractivity contribution in [3.63, 3.8) is 0 Å². The number of ketones is 1. The van der Waals surface area contributed by atoms with E-state index in [2.05, 4.69) is 19.1 Å². The largest absolute Gasteiger partial charge is 0.487 e. The van der Waals surface area contributed by atoms with E-state index in [4.69, 9.17) is 4.74 Å². The molecule has 158 valence electrons. The Morgan fingerprint density at radius 2 is 1.71 bits per heavy atom. The summed E-state index contributed by atoms with van der Waals surface area (Å²) >= 11 is 0. The third-order valence-electron chi connectivity index (χ3n) is 6.72. The molecule has 2 aliphatic rings. The van der Waals surface area contributed by atoms with Crippen molar-refractivity contribution in [1.29, 1.82) is 0 Å². The van der Waals surface area contributed by atoms with Crippen LogP contribution in [0, 0.1) is 18.6 Å². The van der Waals surface area contributed by atoms with Crippen LogP contribution in [-0.2, 0) is 12.8 Å². The predicted octanol–water partition coefficient (Wildman–Crippen LogP) is 6.61. The fourth-order valence-corrected chi connectivity index (χ4v) is 4.74. The lowest BCUT2D eigenvalue weighted by molar-refractivity contribution is -0.0249. The number of carbonyl (C=O) groups is 1. The van der Waals surface area contributed by atoms with Gasteiger partial charge in [0.25, 0.3) is 0 Å². The molecule has 0 radical (unpaired) electrons. The number of Topliss-reactive ketones (excluding diaryl/α,β-unsaturated/α-hetero) is 1. The van der Waals surface area contributed by atoms with Gasteiger partial charge in [-0.3, -0.25) is 4.79 Å². The van der Waals surface area contributed by atoms with E-state index in [0.717, 1.165) is 65.8 Å². The summed E-state index contributed by atoms with van der Waals surface area (Å²) in [5, 5.41) is 0. The average Bonchev–Trinajstić information content (AvgIpc) is 2.72. The van der Waals surface area contributed by atoms with Gasteiger partial charge in [0.1, 0.15) is 23.0 Å². The van der Waals surface area contributed by atoms with Crippen LogP contribution < -0.4 is 4.74 Å². The zero-order valence-corrected chi connectivity index (χ0v) is 17.5. The second-order valence-electron chi connectivity index (χ2n) is 8.81. The maximum atomic E-state index is 13.9. The van der Waals surface area contributed by atoms with Crippen molar-refractivity contribution in [1.82, 2.24) is 0 Å². The summed E-state index contributed by atoms with van der Waals surface area (Å²) in [6, 6.07) is 15.5. The number of hydrogen-bond acceptors (Lipinski definition) is 2. The molecule has 0 saturated heterocycles. The van der Waals surface area contributed by atoms with Crippen LogP contribution in [0.2, 0.25) is 0 Å². The van der Waals surface area contributed by atoms with Crippen LogP contribution in [0.3, 0.4) is 0 Å². The highest BCUT2D eigenvalue weighted by Gasteiger charge is 2.41. The standard InChI is InChI=1S/C27H24F2O2/c1-17-14-25-20(10-13-27(31-25)11-3-12-27)16-21(17)19-8-6-18(7-9-19)15-24(30)26-22(28)4-2-5-23(26)29/h2,4-9,14,16H,3,10-13,15H2,1H3. The molecule has 1 fully saturated rings. The van der Waals surface area contributed by atoms with Crippen molar-refractivity contribution in [2.24, 2.45) is 0 Å². The molecule has 0 N–H and O–H groups in total. The summed E-state index contributed by atoms with van der Waals surface area (Å²) in [6.07, 6.45) is 5.63. The van der Waals surface area contributed by atoms with Crippen LogP contribution in [0.1, 0.15) is 52.7 Å². The fraction of sp³-hybridized carbons (Fsp3) is 0.296. The Labute approximate surface area is 180 Å². The van der Waals surface area contributed by atoms with Gasteiger partial charge in [0.15, 0.2) is 5.78 Å². The topological polar surface area (TPSA) is 26.3 Å².